The predicted octanol–water partition coefficient (Wildman–Crippen LogP) is 3.81. The normalized spacial score (nSPS) is 31.2. The van der Waals surface area contributed by atoms with Gasteiger partial charge in [0.2, 0.25) is 0 Å². The predicted molar refractivity (Wildman–Crippen MR) is 90.9 cm³/mol. The molecule has 124 valence electrons. The summed E-state index contributed by atoms with van der Waals surface area (Å²) in [7, 11) is 0. The van der Waals surface area contributed by atoms with E-state index in [0.29, 0.717) is 0 Å². The highest BCUT2D eigenvalue weighted by molar-refractivity contribution is 5.47. The molecule has 0 fully saturated rings. The lowest BCUT2D eigenvalue weighted by atomic mass is 9.81. The average Bonchev–Trinajstić information content (AvgIpc) is 3.04. The van der Waals surface area contributed by atoms with Gasteiger partial charge in [-0.3, -0.25) is 0 Å². The fourth-order valence-electron chi connectivity index (χ4n) is 2.67. The molecule has 0 aromatic heterocycles. The SMILES string of the molecule is [2H]c1cc2c(c([2H])c1C#N)C([2H])O[C@@]2(CCCN(C([2H])([2H])[2H])C([2H])([2H])[2H])c1c([2H])c([2H])c(F)c([2H])c1[2H]. The van der Waals surface area contributed by atoms with Crippen molar-refractivity contribution >= 4 is 0 Å². The van der Waals surface area contributed by atoms with E-state index in [1.54, 1.807) is 6.07 Å². The first kappa shape index (κ1) is 6.95. The van der Waals surface area contributed by atoms with Crippen LogP contribution in [0.1, 0.15) is 52.9 Å². The summed E-state index contributed by atoms with van der Waals surface area (Å²) in [5.41, 5.74) is -3.28. The molecule has 1 aliphatic heterocycles. The Balaban J connectivity index is 2.28. The molecule has 0 N–H and O–H groups in total. The molecular weight excluding hydrogens is 303 g/mol. The van der Waals surface area contributed by atoms with E-state index in [1.165, 1.54) is 0 Å². The zero-order valence-electron chi connectivity index (χ0n) is 25.5. The molecule has 0 radical (unpaired) electrons. The quantitative estimate of drug-likeness (QED) is 0.832. The number of nitriles is 1. The standard InChI is InChI=1S/C20H21FN2O/c1-23(2)11-3-10-20(17-5-7-18(21)8-6-17)19-9-4-15(13-22)12-16(19)14-24-20/h4-9,12H,3,10-11,14H2,1-2H3/t20-/m0/s1/i1D3,2D3,4D,5D,6D,7D,8D,12D,14D/t14?,20-. The lowest BCUT2D eigenvalue weighted by Gasteiger charge is -2.31. The molecule has 2 aromatic carbocycles. The van der Waals surface area contributed by atoms with E-state index in [0.717, 1.165) is 6.07 Å². The van der Waals surface area contributed by atoms with Gasteiger partial charge in [0.1, 0.15) is 11.4 Å². The van der Waals surface area contributed by atoms with Gasteiger partial charge < -0.3 is 9.64 Å². The highest BCUT2D eigenvalue weighted by Crippen LogP contribution is 2.45. The molecule has 0 bridgehead atoms. The summed E-state index contributed by atoms with van der Waals surface area (Å²) in [4.78, 5) is 0.270. The first-order valence-corrected chi connectivity index (χ1v) is 7.09. The lowest BCUT2D eigenvalue weighted by Crippen LogP contribution is -2.28. The molecule has 0 spiro atoms. The summed E-state index contributed by atoms with van der Waals surface area (Å²) < 4.78 is 123. The van der Waals surface area contributed by atoms with Gasteiger partial charge in [-0.1, -0.05) is 18.2 Å². The Hall–Kier alpha value is -2.22. The molecule has 4 heteroatoms. The number of rotatable bonds is 5. The molecule has 0 amide bonds. The number of hydrogen-bond donors (Lipinski definition) is 0. The van der Waals surface area contributed by atoms with Gasteiger partial charge in [-0.2, -0.15) is 5.26 Å². The molecular formula is C20H21FN2O. The Bertz CT molecular complexity index is 1240. The minimum atomic E-state index is -3.02. The number of fused-ring (bicyclic) bond motifs is 1. The maximum atomic E-state index is 14.3. The van der Waals surface area contributed by atoms with Crippen molar-refractivity contribution < 1.29 is 26.9 Å². The third-order valence-corrected chi connectivity index (χ3v) is 3.74. The largest absolute Gasteiger partial charge is 0.361 e. The molecule has 2 atom stereocenters. The van der Waals surface area contributed by atoms with Gasteiger partial charge in [-0.15, -0.1) is 0 Å². The van der Waals surface area contributed by atoms with Gasteiger partial charge in [0.15, 0.2) is 0 Å². The van der Waals surface area contributed by atoms with Gasteiger partial charge >= 0.3 is 0 Å². The molecule has 0 aliphatic carbocycles. The van der Waals surface area contributed by atoms with E-state index in [-0.39, 0.29) is 28.0 Å². The topological polar surface area (TPSA) is 36.3 Å². The van der Waals surface area contributed by atoms with Gasteiger partial charge in [-0.05, 0) is 74.2 Å². The van der Waals surface area contributed by atoms with Crippen molar-refractivity contribution in [1.29, 1.82) is 5.26 Å². The fraction of sp³-hybridized carbons (Fsp3) is 0.350. The van der Waals surface area contributed by atoms with E-state index in [9.17, 15) is 9.65 Å². The number of benzene rings is 2. The van der Waals surface area contributed by atoms with Crippen molar-refractivity contribution in [3.63, 3.8) is 0 Å². The molecule has 1 aliphatic rings. The maximum absolute atomic E-state index is 14.3. The zero-order valence-corrected chi connectivity index (χ0v) is 12.5. The second-order valence-corrected chi connectivity index (χ2v) is 5.23. The second kappa shape index (κ2) is 6.72. The lowest BCUT2D eigenvalue weighted by molar-refractivity contribution is -0.0140. The third-order valence-electron chi connectivity index (χ3n) is 3.74. The van der Waals surface area contributed by atoms with Crippen LogP contribution < -0.4 is 0 Å². The van der Waals surface area contributed by atoms with Crippen LogP contribution in [0.25, 0.3) is 0 Å². The molecule has 1 heterocycles. The van der Waals surface area contributed by atoms with Crippen molar-refractivity contribution in [2.24, 2.45) is 0 Å². The Labute approximate surface area is 160 Å². The first-order valence-electron chi connectivity index (χ1n) is 13.7. The van der Waals surface area contributed by atoms with Crippen LogP contribution in [0.2, 0.25) is 0 Å². The van der Waals surface area contributed by atoms with E-state index >= 15 is 0 Å². The molecule has 1 unspecified atom stereocenters. The van der Waals surface area contributed by atoms with Crippen LogP contribution in [-0.2, 0) is 16.9 Å². The van der Waals surface area contributed by atoms with E-state index in [4.69, 9.17) is 22.6 Å². The third kappa shape index (κ3) is 3.06. The Morgan fingerprint density at radius 1 is 1.42 bits per heavy atom. The van der Waals surface area contributed by atoms with Crippen molar-refractivity contribution in [3.05, 3.63) is 70.4 Å². The van der Waals surface area contributed by atoms with Gasteiger partial charge in [0.05, 0.1) is 27.8 Å². The molecule has 0 saturated heterocycles. The number of nitrogens with zero attached hydrogens (tertiary/aromatic N) is 2. The fourth-order valence-corrected chi connectivity index (χ4v) is 2.67. The Morgan fingerprint density at radius 3 is 2.92 bits per heavy atom. The van der Waals surface area contributed by atoms with Crippen LogP contribution >= 0.6 is 0 Å². The molecule has 2 aromatic rings. The van der Waals surface area contributed by atoms with Gasteiger partial charge in [0.25, 0.3) is 0 Å². The van der Waals surface area contributed by atoms with Crippen molar-refractivity contribution in [2.45, 2.75) is 25.0 Å². The minimum Gasteiger partial charge on any atom is -0.361 e. The zero-order chi connectivity index (χ0) is 28.2. The van der Waals surface area contributed by atoms with Crippen molar-refractivity contribution in [1.82, 2.24) is 4.90 Å². The Morgan fingerprint density at radius 2 is 2.21 bits per heavy atom. The van der Waals surface area contributed by atoms with Crippen LogP contribution in [0.4, 0.5) is 4.39 Å². The highest BCUT2D eigenvalue weighted by Gasteiger charge is 2.41. The van der Waals surface area contributed by atoms with Crippen LogP contribution in [0.15, 0.2) is 42.3 Å². The van der Waals surface area contributed by atoms with Gasteiger partial charge in [-0.25, -0.2) is 4.39 Å². The van der Waals surface area contributed by atoms with E-state index in [1.807, 2.05) is 0 Å². The summed E-state index contributed by atoms with van der Waals surface area (Å²) in [6, 6.07) is -1.97. The summed E-state index contributed by atoms with van der Waals surface area (Å²) in [5.74, 6) is -1.44. The molecule has 24 heavy (non-hydrogen) atoms. The Kier molecular flexibility index (Phi) is 1.95. The van der Waals surface area contributed by atoms with Crippen LogP contribution in [0.3, 0.4) is 0 Å². The second-order valence-electron chi connectivity index (χ2n) is 5.23. The summed E-state index contributed by atoms with van der Waals surface area (Å²) in [6.45, 7) is -8.30. The summed E-state index contributed by atoms with van der Waals surface area (Å²) >= 11 is 0. The molecule has 0 saturated carbocycles. The van der Waals surface area contributed by atoms with Crippen LogP contribution in [-0.4, -0.2) is 25.4 Å². The number of halogens is 1. The molecule has 3 nitrogen and oxygen atoms in total. The van der Waals surface area contributed by atoms with Gasteiger partial charge in [0, 0.05) is 8.22 Å². The summed E-state index contributed by atoms with van der Waals surface area (Å²) in [6.07, 6.45) is -0.703. The number of hydrogen-bond acceptors (Lipinski definition) is 3. The monoisotopic (exact) mass is 337 g/mol. The van der Waals surface area contributed by atoms with Crippen molar-refractivity contribution in [2.75, 3.05) is 20.5 Å². The molecule has 3 rings (SSSR count). The average molecular weight is 337 g/mol. The smallest absolute Gasteiger partial charge is 0.123 e. The first-order chi connectivity index (χ1) is 16.9. The number of ether oxygens (including phenoxy) is 1. The van der Waals surface area contributed by atoms with Crippen molar-refractivity contribution in [3.8, 4) is 6.07 Å². The summed E-state index contributed by atoms with van der Waals surface area (Å²) in [5, 5.41) is 9.36. The van der Waals surface area contributed by atoms with E-state index < -0.39 is 86.7 Å². The minimum absolute atomic E-state index is 0.108. The highest BCUT2D eigenvalue weighted by atomic mass is 19.1. The maximum Gasteiger partial charge on any atom is 0.123 e. The van der Waals surface area contributed by atoms with E-state index in [2.05, 4.69) is 0 Å². The van der Waals surface area contributed by atoms with Crippen LogP contribution in [0, 0.1) is 17.1 Å². The van der Waals surface area contributed by atoms with Crippen LogP contribution in [0.5, 0.6) is 0 Å².